The molecule has 2 aliphatic rings. The monoisotopic (exact) mass is 335 g/mol. The average Bonchev–Trinajstić information content (AvgIpc) is 2.44. The second-order valence-electron chi connectivity index (χ2n) is 7.08. The van der Waals surface area contributed by atoms with E-state index in [2.05, 4.69) is 59.4 Å². The standard InChI is InChI=1S/C18H26BrN/c1-13-6-7-18(14(2)10-13)8-9-20-12-17(18)15-4-3-5-16(19)11-15/h3-5,11,13-14,17,20H,6-10,12H2,1-2H3. The SMILES string of the molecule is CC1CCC2(CCNCC2c2cccc(Br)c2)C(C)C1. The highest BCUT2D eigenvalue weighted by Gasteiger charge is 2.47. The Morgan fingerprint density at radius 2 is 2.10 bits per heavy atom. The van der Waals surface area contributed by atoms with Crippen molar-refractivity contribution in [1.29, 1.82) is 0 Å². The summed E-state index contributed by atoms with van der Waals surface area (Å²) in [6.07, 6.45) is 5.58. The van der Waals surface area contributed by atoms with Gasteiger partial charge in [-0.3, -0.25) is 0 Å². The molecule has 1 saturated heterocycles. The first-order chi connectivity index (χ1) is 9.62. The lowest BCUT2D eigenvalue weighted by Gasteiger charge is -2.52. The molecule has 1 aromatic carbocycles. The minimum Gasteiger partial charge on any atom is -0.316 e. The van der Waals surface area contributed by atoms with Gasteiger partial charge in [0.1, 0.15) is 0 Å². The molecule has 1 spiro atoms. The zero-order valence-corrected chi connectivity index (χ0v) is 14.2. The highest BCUT2D eigenvalue weighted by atomic mass is 79.9. The van der Waals surface area contributed by atoms with Crippen LogP contribution in [0.1, 0.15) is 51.0 Å². The Bertz CT molecular complexity index is 472. The maximum atomic E-state index is 3.65. The molecule has 1 aromatic rings. The van der Waals surface area contributed by atoms with Crippen molar-refractivity contribution in [2.45, 2.75) is 45.4 Å². The summed E-state index contributed by atoms with van der Waals surface area (Å²) in [6, 6.07) is 9.00. The topological polar surface area (TPSA) is 12.0 Å². The van der Waals surface area contributed by atoms with E-state index in [9.17, 15) is 0 Å². The van der Waals surface area contributed by atoms with Crippen molar-refractivity contribution in [3.05, 3.63) is 34.3 Å². The summed E-state index contributed by atoms with van der Waals surface area (Å²) in [6.45, 7) is 7.28. The van der Waals surface area contributed by atoms with Gasteiger partial charge in [-0.15, -0.1) is 0 Å². The smallest absolute Gasteiger partial charge is 0.0178 e. The van der Waals surface area contributed by atoms with Crippen LogP contribution in [0.25, 0.3) is 0 Å². The van der Waals surface area contributed by atoms with Crippen molar-refractivity contribution in [3.63, 3.8) is 0 Å². The fourth-order valence-electron chi connectivity index (χ4n) is 4.72. The Morgan fingerprint density at radius 3 is 2.85 bits per heavy atom. The van der Waals surface area contributed by atoms with Crippen LogP contribution in [-0.4, -0.2) is 13.1 Å². The van der Waals surface area contributed by atoms with Gasteiger partial charge in [0.2, 0.25) is 0 Å². The van der Waals surface area contributed by atoms with Crippen LogP contribution in [0.3, 0.4) is 0 Å². The summed E-state index contributed by atoms with van der Waals surface area (Å²) >= 11 is 3.65. The third-order valence-electron chi connectivity index (χ3n) is 5.90. The number of rotatable bonds is 1. The van der Waals surface area contributed by atoms with Gasteiger partial charge in [0.25, 0.3) is 0 Å². The van der Waals surface area contributed by atoms with Gasteiger partial charge in [-0.2, -0.15) is 0 Å². The third-order valence-corrected chi connectivity index (χ3v) is 6.39. The summed E-state index contributed by atoms with van der Waals surface area (Å²) < 4.78 is 1.22. The molecule has 20 heavy (non-hydrogen) atoms. The van der Waals surface area contributed by atoms with Crippen molar-refractivity contribution in [3.8, 4) is 0 Å². The minimum absolute atomic E-state index is 0.526. The molecule has 110 valence electrons. The van der Waals surface area contributed by atoms with E-state index in [0.717, 1.165) is 18.4 Å². The molecule has 1 nitrogen and oxygen atoms in total. The summed E-state index contributed by atoms with van der Waals surface area (Å²) in [5.41, 5.74) is 2.05. The fourth-order valence-corrected chi connectivity index (χ4v) is 5.14. The molecule has 0 amide bonds. The predicted octanol–water partition coefficient (Wildman–Crippen LogP) is 4.97. The Hall–Kier alpha value is -0.340. The van der Waals surface area contributed by atoms with Crippen LogP contribution in [0.15, 0.2) is 28.7 Å². The number of nitrogens with one attached hydrogen (secondary N) is 1. The second-order valence-corrected chi connectivity index (χ2v) is 7.99. The zero-order valence-electron chi connectivity index (χ0n) is 12.7. The fraction of sp³-hybridized carbons (Fsp3) is 0.667. The molecule has 0 radical (unpaired) electrons. The molecular weight excluding hydrogens is 310 g/mol. The Labute approximate surface area is 131 Å². The van der Waals surface area contributed by atoms with E-state index in [-0.39, 0.29) is 0 Å². The summed E-state index contributed by atoms with van der Waals surface area (Å²) in [5, 5.41) is 3.64. The number of piperidine rings is 1. The maximum absolute atomic E-state index is 3.65. The van der Waals surface area contributed by atoms with Gasteiger partial charge in [-0.1, -0.05) is 48.3 Å². The van der Waals surface area contributed by atoms with Gasteiger partial charge >= 0.3 is 0 Å². The number of halogens is 1. The number of hydrogen-bond donors (Lipinski definition) is 1. The number of hydrogen-bond acceptors (Lipinski definition) is 1. The Morgan fingerprint density at radius 1 is 1.25 bits per heavy atom. The van der Waals surface area contributed by atoms with Gasteiger partial charge in [0, 0.05) is 16.9 Å². The highest BCUT2D eigenvalue weighted by molar-refractivity contribution is 9.10. The van der Waals surface area contributed by atoms with E-state index < -0.39 is 0 Å². The summed E-state index contributed by atoms with van der Waals surface area (Å²) in [5.74, 6) is 2.43. The third kappa shape index (κ3) is 2.57. The maximum Gasteiger partial charge on any atom is 0.0178 e. The van der Waals surface area contributed by atoms with Crippen molar-refractivity contribution in [1.82, 2.24) is 5.32 Å². The molecule has 1 heterocycles. The first kappa shape index (κ1) is 14.6. The lowest BCUT2D eigenvalue weighted by atomic mass is 9.54. The normalized spacial score (nSPS) is 38.0. The highest BCUT2D eigenvalue weighted by Crippen LogP contribution is 2.55. The Balaban J connectivity index is 1.95. The van der Waals surface area contributed by atoms with Crippen molar-refractivity contribution in [2.24, 2.45) is 17.3 Å². The molecule has 1 aliphatic heterocycles. The molecule has 1 aliphatic carbocycles. The molecule has 3 rings (SSSR count). The predicted molar refractivity (Wildman–Crippen MR) is 89.0 cm³/mol. The molecule has 1 N–H and O–H groups in total. The molecule has 4 atom stereocenters. The largest absolute Gasteiger partial charge is 0.316 e. The lowest BCUT2D eigenvalue weighted by molar-refractivity contribution is 0.0229. The van der Waals surface area contributed by atoms with Crippen molar-refractivity contribution < 1.29 is 0 Å². The number of benzene rings is 1. The van der Waals surface area contributed by atoms with Gasteiger partial charge in [0.15, 0.2) is 0 Å². The Kier molecular flexibility index (Phi) is 4.24. The van der Waals surface area contributed by atoms with E-state index in [1.165, 1.54) is 42.3 Å². The van der Waals surface area contributed by atoms with Crippen LogP contribution in [0, 0.1) is 17.3 Å². The van der Waals surface area contributed by atoms with Crippen molar-refractivity contribution in [2.75, 3.05) is 13.1 Å². The molecule has 1 saturated carbocycles. The van der Waals surface area contributed by atoms with Crippen LogP contribution < -0.4 is 5.32 Å². The van der Waals surface area contributed by atoms with E-state index in [0.29, 0.717) is 11.3 Å². The van der Waals surface area contributed by atoms with Crippen LogP contribution in [0.4, 0.5) is 0 Å². The molecular formula is C18H26BrN. The minimum atomic E-state index is 0.526. The second kappa shape index (κ2) is 5.81. The van der Waals surface area contributed by atoms with Crippen LogP contribution >= 0.6 is 15.9 Å². The van der Waals surface area contributed by atoms with Crippen LogP contribution in [0.2, 0.25) is 0 Å². The van der Waals surface area contributed by atoms with E-state index in [4.69, 9.17) is 0 Å². The zero-order chi connectivity index (χ0) is 14.2. The quantitative estimate of drug-likeness (QED) is 0.764. The molecule has 0 bridgehead atoms. The first-order valence-corrected chi connectivity index (χ1v) is 8.87. The van der Waals surface area contributed by atoms with Gasteiger partial charge in [-0.05, 0) is 60.8 Å². The van der Waals surface area contributed by atoms with Crippen LogP contribution in [0.5, 0.6) is 0 Å². The lowest BCUT2D eigenvalue weighted by Crippen LogP contribution is -2.49. The van der Waals surface area contributed by atoms with Gasteiger partial charge < -0.3 is 5.32 Å². The summed E-state index contributed by atoms with van der Waals surface area (Å²) in [4.78, 5) is 0. The average molecular weight is 336 g/mol. The molecule has 0 aromatic heterocycles. The summed E-state index contributed by atoms with van der Waals surface area (Å²) in [7, 11) is 0. The molecule has 2 fully saturated rings. The molecule has 4 unspecified atom stereocenters. The van der Waals surface area contributed by atoms with Gasteiger partial charge in [0.05, 0.1) is 0 Å². The van der Waals surface area contributed by atoms with E-state index in [1.54, 1.807) is 0 Å². The van der Waals surface area contributed by atoms with E-state index in [1.807, 2.05) is 0 Å². The van der Waals surface area contributed by atoms with Gasteiger partial charge in [-0.25, -0.2) is 0 Å². The van der Waals surface area contributed by atoms with Crippen LogP contribution in [-0.2, 0) is 0 Å². The van der Waals surface area contributed by atoms with Crippen molar-refractivity contribution >= 4 is 15.9 Å². The molecule has 2 heteroatoms. The first-order valence-electron chi connectivity index (χ1n) is 8.08. The van der Waals surface area contributed by atoms with E-state index >= 15 is 0 Å².